The number of fused-ring (bicyclic) bond motifs is 2. The Morgan fingerprint density at radius 2 is 2.05 bits per heavy atom. The van der Waals surface area contributed by atoms with Gasteiger partial charge < -0.3 is 10.3 Å². The van der Waals surface area contributed by atoms with Crippen LogP contribution in [0.15, 0.2) is 36.9 Å². The highest BCUT2D eigenvalue weighted by Gasteiger charge is 2.24. The number of imidazole rings is 1. The monoisotopic (exact) mass is 251 g/mol. The van der Waals surface area contributed by atoms with Gasteiger partial charge >= 0.3 is 0 Å². The first-order valence-electron chi connectivity index (χ1n) is 6.38. The lowest BCUT2D eigenvalue weighted by Gasteiger charge is -2.26. The van der Waals surface area contributed by atoms with Crippen molar-refractivity contribution in [2.75, 3.05) is 6.54 Å². The fourth-order valence-corrected chi connectivity index (χ4v) is 2.75. The Labute approximate surface area is 110 Å². The van der Waals surface area contributed by atoms with Crippen molar-refractivity contribution in [3.05, 3.63) is 53.7 Å². The number of nitrogens with one attached hydrogen (secondary N) is 2. The lowest BCUT2D eigenvalue weighted by atomic mass is 9.92. The Balaban J connectivity index is 1.92. The van der Waals surface area contributed by atoms with Crippen molar-refractivity contribution < 1.29 is 0 Å². The van der Waals surface area contributed by atoms with E-state index in [4.69, 9.17) is 0 Å². The van der Waals surface area contributed by atoms with Gasteiger partial charge in [-0.15, -0.1) is 0 Å². The molecule has 0 fully saturated rings. The number of aromatic amines is 1. The van der Waals surface area contributed by atoms with Crippen LogP contribution in [-0.4, -0.2) is 26.5 Å². The first kappa shape index (κ1) is 10.6. The highest BCUT2D eigenvalue weighted by atomic mass is 15.0. The second-order valence-electron chi connectivity index (χ2n) is 4.70. The van der Waals surface area contributed by atoms with E-state index in [0.717, 1.165) is 29.8 Å². The van der Waals surface area contributed by atoms with Gasteiger partial charge in [0.05, 0.1) is 18.1 Å². The first-order valence-corrected chi connectivity index (χ1v) is 6.38. The van der Waals surface area contributed by atoms with Gasteiger partial charge in [-0.3, -0.25) is 0 Å². The summed E-state index contributed by atoms with van der Waals surface area (Å²) in [6.07, 6.45) is 4.30. The molecule has 1 aliphatic heterocycles. The molecule has 0 amide bonds. The number of hydrogen-bond acceptors (Lipinski definition) is 4. The lowest BCUT2D eigenvalue weighted by Crippen LogP contribution is -2.31. The molecule has 3 heterocycles. The molecule has 94 valence electrons. The zero-order valence-corrected chi connectivity index (χ0v) is 10.3. The predicted octanol–water partition coefficient (Wildman–Crippen LogP) is 1.59. The Hall–Kier alpha value is -2.27. The van der Waals surface area contributed by atoms with Crippen molar-refractivity contribution in [2.45, 2.75) is 12.5 Å². The smallest absolute Gasteiger partial charge is 0.180 e. The summed E-state index contributed by atoms with van der Waals surface area (Å²) in [6, 6.07) is 8.62. The van der Waals surface area contributed by atoms with Gasteiger partial charge in [-0.05, 0) is 17.5 Å². The van der Waals surface area contributed by atoms with Gasteiger partial charge in [-0.1, -0.05) is 24.3 Å². The lowest BCUT2D eigenvalue weighted by molar-refractivity contribution is 0.559. The van der Waals surface area contributed by atoms with Crippen LogP contribution in [0.1, 0.15) is 22.9 Å². The molecule has 0 spiro atoms. The maximum absolute atomic E-state index is 4.46. The molecule has 0 aliphatic carbocycles. The second-order valence-corrected chi connectivity index (χ2v) is 4.70. The summed E-state index contributed by atoms with van der Waals surface area (Å²) in [7, 11) is 0. The van der Waals surface area contributed by atoms with Crippen molar-refractivity contribution in [3.63, 3.8) is 0 Å². The van der Waals surface area contributed by atoms with E-state index in [-0.39, 0.29) is 6.04 Å². The van der Waals surface area contributed by atoms with Crippen LogP contribution in [0.3, 0.4) is 0 Å². The Morgan fingerprint density at radius 1 is 1.11 bits per heavy atom. The quantitative estimate of drug-likeness (QED) is 0.689. The van der Waals surface area contributed by atoms with E-state index in [2.05, 4.69) is 49.5 Å². The molecule has 19 heavy (non-hydrogen) atoms. The van der Waals surface area contributed by atoms with E-state index in [9.17, 15) is 0 Å². The standard InChI is InChI=1S/C14H13N5/c1-2-4-10-9(3-1)5-6-15-11(10)12-13-14(18-7-16-12)19-8-17-13/h1-4,7-8,11,15H,5-6H2,(H,16,17,18,19). The summed E-state index contributed by atoms with van der Waals surface area (Å²) in [5, 5.41) is 3.54. The van der Waals surface area contributed by atoms with Gasteiger partial charge in [0.1, 0.15) is 11.8 Å². The molecule has 1 aromatic carbocycles. The van der Waals surface area contributed by atoms with E-state index in [0.29, 0.717) is 0 Å². The Kier molecular flexibility index (Phi) is 2.31. The van der Waals surface area contributed by atoms with E-state index in [1.54, 1.807) is 12.7 Å². The van der Waals surface area contributed by atoms with Crippen LogP contribution in [0.25, 0.3) is 11.2 Å². The summed E-state index contributed by atoms with van der Waals surface area (Å²) in [5.41, 5.74) is 5.28. The Bertz CT molecular complexity index is 733. The summed E-state index contributed by atoms with van der Waals surface area (Å²) in [4.78, 5) is 16.0. The van der Waals surface area contributed by atoms with Crippen molar-refractivity contribution in [1.82, 2.24) is 25.3 Å². The second kappa shape index (κ2) is 4.13. The number of benzene rings is 1. The average molecular weight is 251 g/mol. The molecule has 2 aromatic heterocycles. The molecule has 1 unspecified atom stereocenters. The summed E-state index contributed by atoms with van der Waals surface area (Å²) < 4.78 is 0. The van der Waals surface area contributed by atoms with E-state index in [1.807, 2.05) is 0 Å². The predicted molar refractivity (Wildman–Crippen MR) is 71.7 cm³/mol. The van der Waals surface area contributed by atoms with Crippen molar-refractivity contribution in [1.29, 1.82) is 0 Å². The van der Waals surface area contributed by atoms with Gasteiger partial charge in [0.15, 0.2) is 5.65 Å². The van der Waals surface area contributed by atoms with Gasteiger partial charge in [-0.2, -0.15) is 0 Å². The number of nitrogens with zero attached hydrogens (tertiary/aromatic N) is 3. The van der Waals surface area contributed by atoms with Crippen LogP contribution in [0.4, 0.5) is 0 Å². The molecule has 2 N–H and O–H groups in total. The maximum Gasteiger partial charge on any atom is 0.180 e. The largest absolute Gasteiger partial charge is 0.342 e. The normalized spacial score (nSPS) is 18.4. The summed E-state index contributed by atoms with van der Waals surface area (Å²) in [6.45, 7) is 0.960. The van der Waals surface area contributed by atoms with Crippen molar-refractivity contribution in [2.24, 2.45) is 0 Å². The zero-order valence-electron chi connectivity index (χ0n) is 10.3. The maximum atomic E-state index is 4.46. The minimum atomic E-state index is 0.107. The van der Waals surface area contributed by atoms with E-state index >= 15 is 0 Å². The highest BCUT2D eigenvalue weighted by molar-refractivity contribution is 5.73. The molecule has 4 rings (SSSR count). The third kappa shape index (κ3) is 1.62. The molecule has 5 nitrogen and oxygen atoms in total. The topological polar surface area (TPSA) is 66.5 Å². The number of aromatic nitrogens is 4. The van der Waals surface area contributed by atoms with Crippen molar-refractivity contribution >= 4 is 11.2 Å². The summed E-state index contributed by atoms with van der Waals surface area (Å²) >= 11 is 0. The van der Waals surface area contributed by atoms with E-state index < -0.39 is 0 Å². The molecule has 1 atom stereocenters. The molecule has 0 saturated carbocycles. The third-order valence-electron chi connectivity index (χ3n) is 3.63. The molecule has 0 radical (unpaired) electrons. The molecule has 5 heteroatoms. The minimum Gasteiger partial charge on any atom is -0.342 e. The van der Waals surface area contributed by atoms with Crippen molar-refractivity contribution in [3.8, 4) is 0 Å². The average Bonchev–Trinajstić information content (AvgIpc) is 2.95. The number of hydrogen-bond donors (Lipinski definition) is 2. The molecule has 0 bridgehead atoms. The number of rotatable bonds is 1. The number of H-pyrrole nitrogens is 1. The fourth-order valence-electron chi connectivity index (χ4n) is 2.75. The van der Waals surface area contributed by atoms with Crippen LogP contribution >= 0.6 is 0 Å². The molecule has 3 aromatic rings. The van der Waals surface area contributed by atoms with Crippen LogP contribution in [-0.2, 0) is 6.42 Å². The van der Waals surface area contributed by atoms with E-state index in [1.165, 1.54) is 11.1 Å². The van der Waals surface area contributed by atoms with Gasteiger partial charge in [-0.25, -0.2) is 15.0 Å². The highest BCUT2D eigenvalue weighted by Crippen LogP contribution is 2.29. The van der Waals surface area contributed by atoms with Crippen LogP contribution in [0, 0.1) is 0 Å². The fraction of sp³-hybridized carbons (Fsp3) is 0.214. The molecular formula is C14H13N5. The van der Waals surface area contributed by atoms with Gasteiger partial charge in [0.2, 0.25) is 0 Å². The molecule has 1 aliphatic rings. The Morgan fingerprint density at radius 3 is 3.05 bits per heavy atom. The molecule has 0 saturated heterocycles. The zero-order chi connectivity index (χ0) is 12.7. The summed E-state index contributed by atoms with van der Waals surface area (Å²) in [5.74, 6) is 0. The van der Waals surface area contributed by atoms with Crippen LogP contribution in [0.2, 0.25) is 0 Å². The first-order chi connectivity index (χ1) is 9.43. The minimum absolute atomic E-state index is 0.107. The van der Waals surface area contributed by atoms with Crippen LogP contribution in [0.5, 0.6) is 0 Å². The van der Waals surface area contributed by atoms with Gasteiger partial charge in [0.25, 0.3) is 0 Å². The SMILES string of the molecule is c1ccc2c(c1)CCNC2c1ncnc2nc[nH]c12. The third-order valence-corrected chi connectivity index (χ3v) is 3.63. The van der Waals surface area contributed by atoms with Gasteiger partial charge in [0, 0.05) is 6.54 Å². The molecular weight excluding hydrogens is 238 g/mol. The van der Waals surface area contributed by atoms with Crippen LogP contribution < -0.4 is 5.32 Å².